The molecule has 0 aliphatic rings. The molecule has 0 unspecified atom stereocenters. The second-order valence-electron chi connectivity index (χ2n) is 4.64. The highest BCUT2D eigenvalue weighted by molar-refractivity contribution is 7.89. The number of nitrogens with one attached hydrogen (secondary N) is 1. The monoisotopic (exact) mass is 223 g/mol. The van der Waals surface area contributed by atoms with E-state index in [1.54, 1.807) is 0 Å². The Labute approximate surface area is 86.8 Å². The fourth-order valence-electron chi connectivity index (χ4n) is 1.09. The van der Waals surface area contributed by atoms with Gasteiger partial charge in [0.25, 0.3) is 0 Å². The van der Waals surface area contributed by atoms with E-state index in [9.17, 15) is 8.42 Å². The Morgan fingerprint density at radius 2 is 1.79 bits per heavy atom. The van der Waals surface area contributed by atoms with E-state index in [1.807, 2.05) is 20.8 Å². The van der Waals surface area contributed by atoms with Crippen molar-refractivity contribution in [1.82, 2.24) is 4.72 Å². The molecule has 0 aromatic rings. The molecule has 2 N–H and O–H groups in total. The molecule has 0 spiro atoms. The minimum absolute atomic E-state index is 0.112. The molecule has 0 radical (unpaired) electrons. The highest BCUT2D eigenvalue weighted by Gasteiger charge is 2.20. The van der Waals surface area contributed by atoms with Crippen molar-refractivity contribution in [3.63, 3.8) is 0 Å². The molecule has 0 bridgehead atoms. The van der Waals surface area contributed by atoms with Crippen molar-refractivity contribution in [2.75, 3.05) is 18.9 Å². The number of aliphatic hydroxyl groups is 1. The van der Waals surface area contributed by atoms with E-state index in [4.69, 9.17) is 5.11 Å². The molecule has 0 saturated heterocycles. The van der Waals surface area contributed by atoms with Gasteiger partial charge in [-0.1, -0.05) is 20.8 Å². The van der Waals surface area contributed by atoms with Gasteiger partial charge in [0, 0.05) is 13.2 Å². The summed E-state index contributed by atoms with van der Waals surface area (Å²) in [5.41, 5.74) is -0.219. The third kappa shape index (κ3) is 8.47. The largest absolute Gasteiger partial charge is 0.396 e. The van der Waals surface area contributed by atoms with E-state index in [2.05, 4.69) is 4.72 Å². The molecule has 0 aliphatic carbocycles. The lowest BCUT2D eigenvalue weighted by Crippen LogP contribution is -2.33. The lowest BCUT2D eigenvalue weighted by atomic mass is 10.0. The van der Waals surface area contributed by atoms with Crippen molar-refractivity contribution < 1.29 is 13.5 Å². The number of rotatable bonds is 6. The first-order valence-electron chi connectivity index (χ1n) is 4.85. The molecule has 5 heteroatoms. The van der Waals surface area contributed by atoms with Crippen molar-refractivity contribution in [3.05, 3.63) is 0 Å². The summed E-state index contributed by atoms with van der Waals surface area (Å²) < 4.78 is 25.4. The average Bonchev–Trinajstić information content (AvgIpc) is 1.93. The molecule has 0 amide bonds. The van der Waals surface area contributed by atoms with Crippen LogP contribution >= 0.6 is 0 Å². The van der Waals surface area contributed by atoms with E-state index < -0.39 is 10.0 Å². The van der Waals surface area contributed by atoms with Crippen LogP contribution in [0.1, 0.15) is 33.6 Å². The van der Waals surface area contributed by atoms with Crippen molar-refractivity contribution >= 4 is 10.0 Å². The van der Waals surface area contributed by atoms with E-state index in [0.29, 0.717) is 19.4 Å². The van der Waals surface area contributed by atoms with Gasteiger partial charge in [-0.2, -0.15) is 0 Å². The lowest BCUT2D eigenvalue weighted by molar-refractivity contribution is 0.285. The normalized spacial score (nSPS) is 13.1. The zero-order chi connectivity index (χ0) is 11.2. The van der Waals surface area contributed by atoms with Gasteiger partial charge < -0.3 is 5.11 Å². The molecule has 14 heavy (non-hydrogen) atoms. The Kier molecular flexibility index (Phi) is 5.63. The Morgan fingerprint density at radius 1 is 1.21 bits per heavy atom. The molecule has 0 fully saturated rings. The third-order valence-corrected chi connectivity index (χ3v) is 3.42. The van der Waals surface area contributed by atoms with Crippen molar-refractivity contribution in [3.8, 4) is 0 Å². The van der Waals surface area contributed by atoms with Gasteiger partial charge in [-0.25, -0.2) is 13.1 Å². The van der Waals surface area contributed by atoms with E-state index >= 15 is 0 Å². The summed E-state index contributed by atoms with van der Waals surface area (Å²) in [4.78, 5) is 0. The molecular weight excluding hydrogens is 202 g/mol. The molecule has 0 saturated carbocycles. The lowest BCUT2D eigenvalue weighted by Gasteiger charge is -2.18. The zero-order valence-corrected chi connectivity index (χ0v) is 10.0. The van der Waals surface area contributed by atoms with Crippen LogP contribution in [0, 0.1) is 5.41 Å². The van der Waals surface area contributed by atoms with Crippen LogP contribution in [0.15, 0.2) is 0 Å². The maximum atomic E-state index is 11.4. The summed E-state index contributed by atoms with van der Waals surface area (Å²) in [5, 5.41) is 8.50. The number of aliphatic hydroxyl groups excluding tert-OH is 1. The van der Waals surface area contributed by atoms with E-state index in [0.717, 1.165) is 0 Å². The zero-order valence-electron chi connectivity index (χ0n) is 9.21. The fourth-order valence-corrected chi connectivity index (χ4v) is 2.78. The van der Waals surface area contributed by atoms with Crippen LogP contribution in [0.3, 0.4) is 0 Å². The number of sulfonamides is 1. The Balaban J connectivity index is 3.86. The molecule has 0 rings (SSSR count). The van der Waals surface area contributed by atoms with Crippen LogP contribution in [0.5, 0.6) is 0 Å². The van der Waals surface area contributed by atoms with Gasteiger partial charge >= 0.3 is 0 Å². The quantitative estimate of drug-likeness (QED) is 0.652. The highest BCUT2D eigenvalue weighted by Crippen LogP contribution is 2.15. The van der Waals surface area contributed by atoms with Gasteiger partial charge in [-0.15, -0.1) is 0 Å². The number of hydrogen-bond acceptors (Lipinski definition) is 3. The predicted molar refractivity (Wildman–Crippen MR) is 57.6 cm³/mol. The van der Waals surface area contributed by atoms with Crippen molar-refractivity contribution in [2.45, 2.75) is 33.6 Å². The topological polar surface area (TPSA) is 66.4 Å². The highest BCUT2D eigenvalue weighted by atomic mass is 32.2. The van der Waals surface area contributed by atoms with Gasteiger partial charge in [0.1, 0.15) is 0 Å². The SMILES string of the molecule is CC(C)(C)CS(=O)(=O)NCCCCO. The maximum Gasteiger partial charge on any atom is 0.212 e. The van der Waals surface area contributed by atoms with Crippen LogP contribution in [0.4, 0.5) is 0 Å². The average molecular weight is 223 g/mol. The summed E-state index contributed by atoms with van der Waals surface area (Å²) in [7, 11) is -3.15. The maximum absolute atomic E-state index is 11.4. The molecule has 0 atom stereocenters. The summed E-state index contributed by atoms with van der Waals surface area (Å²) in [6.07, 6.45) is 1.32. The third-order valence-electron chi connectivity index (χ3n) is 1.53. The van der Waals surface area contributed by atoms with Crippen LogP contribution in [-0.4, -0.2) is 32.4 Å². The molecule has 86 valence electrons. The van der Waals surface area contributed by atoms with Gasteiger partial charge in [0.15, 0.2) is 0 Å². The van der Waals surface area contributed by atoms with Gasteiger partial charge in [0.05, 0.1) is 5.75 Å². The van der Waals surface area contributed by atoms with Crippen LogP contribution in [0.25, 0.3) is 0 Å². The molecule has 0 heterocycles. The first-order valence-corrected chi connectivity index (χ1v) is 6.50. The number of hydrogen-bond donors (Lipinski definition) is 2. The summed E-state index contributed by atoms with van der Waals surface area (Å²) in [5.74, 6) is 0.138. The van der Waals surface area contributed by atoms with Crippen LogP contribution in [-0.2, 0) is 10.0 Å². The second kappa shape index (κ2) is 5.68. The molecule has 0 aromatic carbocycles. The Bertz CT molecular complexity index is 241. The van der Waals surface area contributed by atoms with Crippen LogP contribution < -0.4 is 4.72 Å². The fraction of sp³-hybridized carbons (Fsp3) is 1.00. The number of unbranched alkanes of at least 4 members (excludes halogenated alkanes) is 1. The van der Waals surface area contributed by atoms with E-state index in [-0.39, 0.29) is 17.8 Å². The first-order chi connectivity index (χ1) is 6.27. The molecule has 0 aromatic heterocycles. The summed E-state index contributed by atoms with van der Waals surface area (Å²) in [6, 6.07) is 0. The summed E-state index contributed by atoms with van der Waals surface area (Å²) in [6.45, 7) is 6.19. The van der Waals surface area contributed by atoms with Gasteiger partial charge in [-0.3, -0.25) is 0 Å². The minimum atomic E-state index is -3.15. The van der Waals surface area contributed by atoms with Crippen LogP contribution in [0.2, 0.25) is 0 Å². The Hall–Kier alpha value is -0.130. The molecule has 4 nitrogen and oxygen atoms in total. The standard InChI is InChI=1S/C9H21NO3S/c1-9(2,3)8-14(12,13)10-6-4-5-7-11/h10-11H,4-8H2,1-3H3. The molecular formula is C9H21NO3S. The minimum Gasteiger partial charge on any atom is -0.396 e. The second-order valence-corrected chi connectivity index (χ2v) is 6.45. The first kappa shape index (κ1) is 13.9. The van der Waals surface area contributed by atoms with E-state index in [1.165, 1.54) is 0 Å². The van der Waals surface area contributed by atoms with Gasteiger partial charge in [-0.05, 0) is 18.3 Å². The molecule has 0 aliphatic heterocycles. The van der Waals surface area contributed by atoms with Gasteiger partial charge in [0.2, 0.25) is 10.0 Å². The van der Waals surface area contributed by atoms with Crippen molar-refractivity contribution in [2.24, 2.45) is 5.41 Å². The predicted octanol–water partition coefficient (Wildman–Crippen LogP) is 0.724. The summed E-state index contributed by atoms with van der Waals surface area (Å²) >= 11 is 0. The van der Waals surface area contributed by atoms with Crippen molar-refractivity contribution in [1.29, 1.82) is 0 Å². The Morgan fingerprint density at radius 3 is 2.21 bits per heavy atom. The smallest absolute Gasteiger partial charge is 0.212 e.